The number of benzene rings is 1. The molecule has 0 amide bonds. The number of ether oxygens (including phenoxy) is 2. The van der Waals surface area contributed by atoms with E-state index >= 15 is 0 Å². The highest BCUT2D eigenvalue weighted by Crippen LogP contribution is 2.37. The molecule has 0 saturated heterocycles. The van der Waals surface area contributed by atoms with E-state index < -0.39 is 0 Å². The summed E-state index contributed by atoms with van der Waals surface area (Å²) in [6, 6.07) is 5.36. The maximum Gasteiger partial charge on any atom is 0.137 e. The molecule has 4 heteroatoms. The van der Waals surface area contributed by atoms with Crippen LogP contribution in [0.3, 0.4) is 0 Å². The molecule has 2 N–H and O–H groups in total. The summed E-state index contributed by atoms with van der Waals surface area (Å²) in [5.41, 5.74) is 7.05. The molecule has 1 atom stereocenters. The van der Waals surface area contributed by atoms with Crippen molar-refractivity contribution in [3.63, 3.8) is 0 Å². The van der Waals surface area contributed by atoms with Gasteiger partial charge in [-0.1, -0.05) is 0 Å². The highest BCUT2D eigenvalue weighted by atomic mass is 16.5. The predicted molar refractivity (Wildman–Crippen MR) is 50.1 cm³/mol. The maximum absolute atomic E-state index is 8.99. The summed E-state index contributed by atoms with van der Waals surface area (Å²) >= 11 is 0. The first-order valence-corrected chi connectivity index (χ1v) is 4.27. The monoisotopic (exact) mass is 190 g/mol. The second kappa shape index (κ2) is 3.20. The molecule has 0 bridgehead atoms. The van der Waals surface area contributed by atoms with Gasteiger partial charge in [-0.3, -0.25) is 0 Å². The number of nitriles is 1. The number of methoxy groups -OCH3 is 1. The summed E-state index contributed by atoms with van der Waals surface area (Å²) in [4.78, 5) is 0. The lowest BCUT2D eigenvalue weighted by Gasteiger charge is -2.07. The molecule has 72 valence electrons. The average Bonchev–Trinajstić information content (AvgIpc) is 2.59. The molecule has 1 aliphatic heterocycles. The normalized spacial score (nSPS) is 18.2. The van der Waals surface area contributed by atoms with Crippen molar-refractivity contribution in [3.05, 3.63) is 23.3 Å². The second-order valence-corrected chi connectivity index (χ2v) is 3.08. The summed E-state index contributed by atoms with van der Waals surface area (Å²) in [7, 11) is 1.53. The zero-order chi connectivity index (χ0) is 10.1. The van der Waals surface area contributed by atoms with Gasteiger partial charge in [0.1, 0.15) is 29.7 Å². The van der Waals surface area contributed by atoms with Gasteiger partial charge in [0.05, 0.1) is 13.2 Å². The largest absolute Gasteiger partial charge is 0.495 e. The maximum atomic E-state index is 8.99. The van der Waals surface area contributed by atoms with Crippen molar-refractivity contribution in [2.75, 3.05) is 13.7 Å². The Bertz CT molecular complexity index is 409. The van der Waals surface area contributed by atoms with Crippen LogP contribution in [-0.4, -0.2) is 13.7 Å². The third kappa shape index (κ3) is 1.10. The van der Waals surface area contributed by atoms with Gasteiger partial charge in [0, 0.05) is 5.56 Å². The minimum Gasteiger partial charge on any atom is -0.495 e. The Balaban J connectivity index is 2.64. The Morgan fingerprint density at radius 1 is 1.64 bits per heavy atom. The van der Waals surface area contributed by atoms with Crippen molar-refractivity contribution in [2.45, 2.75) is 6.04 Å². The molecule has 2 rings (SSSR count). The lowest BCUT2D eigenvalue weighted by molar-refractivity contribution is 0.333. The average molecular weight is 190 g/mol. The van der Waals surface area contributed by atoms with E-state index in [0.717, 1.165) is 5.56 Å². The Hall–Kier alpha value is -1.73. The van der Waals surface area contributed by atoms with Gasteiger partial charge in [-0.15, -0.1) is 0 Å². The van der Waals surface area contributed by atoms with Crippen LogP contribution < -0.4 is 15.2 Å². The molecule has 1 heterocycles. The van der Waals surface area contributed by atoms with Crippen LogP contribution in [0.15, 0.2) is 12.1 Å². The van der Waals surface area contributed by atoms with Crippen molar-refractivity contribution < 1.29 is 9.47 Å². The Morgan fingerprint density at radius 3 is 3.07 bits per heavy atom. The molecule has 0 aromatic heterocycles. The van der Waals surface area contributed by atoms with Gasteiger partial charge < -0.3 is 15.2 Å². The molecule has 0 unspecified atom stereocenters. The number of nitrogens with zero attached hydrogens (tertiary/aromatic N) is 1. The van der Waals surface area contributed by atoms with Crippen LogP contribution in [0.4, 0.5) is 0 Å². The van der Waals surface area contributed by atoms with E-state index in [2.05, 4.69) is 6.07 Å². The van der Waals surface area contributed by atoms with Gasteiger partial charge in [0.2, 0.25) is 0 Å². The fourth-order valence-corrected chi connectivity index (χ4v) is 1.62. The Kier molecular flexibility index (Phi) is 2.02. The number of nitrogens with two attached hydrogens (primary N) is 1. The third-order valence-corrected chi connectivity index (χ3v) is 2.29. The Labute approximate surface area is 81.8 Å². The van der Waals surface area contributed by atoms with E-state index in [4.69, 9.17) is 20.5 Å². The lowest BCUT2D eigenvalue weighted by atomic mass is 10.0. The van der Waals surface area contributed by atoms with E-state index in [1.165, 1.54) is 7.11 Å². The van der Waals surface area contributed by atoms with Gasteiger partial charge in [-0.05, 0) is 12.1 Å². The van der Waals surface area contributed by atoms with Crippen molar-refractivity contribution in [3.8, 4) is 17.6 Å². The molecule has 1 aliphatic rings. The van der Waals surface area contributed by atoms with E-state index in [9.17, 15) is 0 Å². The molecule has 0 radical (unpaired) electrons. The van der Waals surface area contributed by atoms with E-state index in [1.54, 1.807) is 12.1 Å². The van der Waals surface area contributed by atoms with Gasteiger partial charge in [0.25, 0.3) is 0 Å². The van der Waals surface area contributed by atoms with E-state index in [0.29, 0.717) is 23.7 Å². The minimum absolute atomic E-state index is 0.227. The van der Waals surface area contributed by atoms with Crippen LogP contribution in [-0.2, 0) is 0 Å². The quantitative estimate of drug-likeness (QED) is 0.716. The summed E-state index contributed by atoms with van der Waals surface area (Å²) in [5, 5.41) is 8.99. The van der Waals surface area contributed by atoms with Crippen LogP contribution in [0.2, 0.25) is 0 Å². The number of hydrogen-bond acceptors (Lipinski definition) is 4. The van der Waals surface area contributed by atoms with Crippen LogP contribution in [0.1, 0.15) is 17.2 Å². The zero-order valence-corrected chi connectivity index (χ0v) is 7.78. The molecule has 0 spiro atoms. The van der Waals surface area contributed by atoms with Crippen molar-refractivity contribution >= 4 is 0 Å². The fourth-order valence-electron chi connectivity index (χ4n) is 1.62. The summed E-state index contributed by atoms with van der Waals surface area (Å²) in [6.45, 7) is 0.428. The smallest absolute Gasteiger partial charge is 0.137 e. The first-order valence-electron chi connectivity index (χ1n) is 4.27. The molecule has 0 saturated carbocycles. The summed E-state index contributed by atoms with van der Waals surface area (Å²) in [6.07, 6.45) is 0. The molecule has 0 fully saturated rings. The number of rotatable bonds is 1. The van der Waals surface area contributed by atoms with E-state index in [1.807, 2.05) is 0 Å². The first-order chi connectivity index (χ1) is 6.77. The molecular weight excluding hydrogens is 180 g/mol. The van der Waals surface area contributed by atoms with Gasteiger partial charge in [-0.25, -0.2) is 0 Å². The van der Waals surface area contributed by atoms with Crippen LogP contribution in [0.25, 0.3) is 0 Å². The fraction of sp³-hybridized carbons (Fsp3) is 0.300. The molecular formula is C10H10N2O2. The topological polar surface area (TPSA) is 68.3 Å². The van der Waals surface area contributed by atoms with Crippen molar-refractivity contribution in [1.29, 1.82) is 5.26 Å². The molecule has 1 aromatic rings. The highest BCUT2D eigenvalue weighted by molar-refractivity contribution is 5.57. The highest BCUT2D eigenvalue weighted by Gasteiger charge is 2.26. The van der Waals surface area contributed by atoms with Gasteiger partial charge in [-0.2, -0.15) is 5.26 Å². The van der Waals surface area contributed by atoms with Gasteiger partial charge in [0.15, 0.2) is 0 Å². The summed E-state index contributed by atoms with van der Waals surface area (Å²) < 4.78 is 10.4. The summed E-state index contributed by atoms with van der Waals surface area (Å²) in [5.74, 6) is 1.24. The minimum atomic E-state index is -0.227. The predicted octanol–water partition coefficient (Wildman–Crippen LogP) is 0.959. The molecule has 0 aliphatic carbocycles. The van der Waals surface area contributed by atoms with Gasteiger partial charge >= 0.3 is 0 Å². The zero-order valence-electron chi connectivity index (χ0n) is 7.78. The second-order valence-electron chi connectivity index (χ2n) is 3.08. The molecule has 4 nitrogen and oxygen atoms in total. The van der Waals surface area contributed by atoms with Crippen LogP contribution in [0, 0.1) is 11.3 Å². The number of fused-ring (bicyclic) bond motifs is 1. The van der Waals surface area contributed by atoms with Crippen molar-refractivity contribution in [2.24, 2.45) is 5.73 Å². The lowest BCUT2D eigenvalue weighted by Crippen LogP contribution is -2.12. The SMILES string of the molecule is COc1ccc2c(c1C#N)[C@@H](N)CO2. The van der Waals surface area contributed by atoms with Crippen LogP contribution >= 0.6 is 0 Å². The third-order valence-electron chi connectivity index (χ3n) is 2.29. The first kappa shape index (κ1) is 8.85. The van der Waals surface area contributed by atoms with E-state index in [-0.39, 0.29) is 6.04 Å². The van der Waals surface area contributed by atoms with Crippen molar-refractivity contribution in [1.82, 2.24) is 0 Å². The number of hydrogen-bond donors (Lipinski definition) is 1. The Morgan fingerprint density at radius 2 is 2.43 bits per heavy atom. The molecule has 14 heavy (non-hydrogen) atoms. The van der Waals surface area contributed by atoms with Crippen LogP contribution in [0.5, 0.6) is 11.5 Å². The standard InChI is InChI=1S/C10H10N2O2/c1-13-8-2-3-9-10(6(8)4-11)7(12)5-14-9/h2-3,7H,5,12H2,1H3/t7-/m0/s1. The molecule has 1 aromatic carbocycles.